The number of urea groups is 1. The zero-order chi connectivity index (χ0) is 21.6. The summed E-state index contributed by atoms with van der Waals surface area (Å²) in [5.74, 6) is -0.811. The summed E-state index contributed by atoms with van der Waals surface area (Å²) in [6.45, 7) is 1.57. The summed E-state index contributed by atoms with van der Waals surface area (Å²) >= 11 is 1.56. The van der Waals surface area contributed by atoms with Crippen LogP contribution in [0.15, 0.2) is 41.8 Å². The number of halogens is 3. The van der Waals surface area contributed by atoms with Crippen molar-refractivity contribution in [3.05, 3.63) is 52.2 Å². The number of nitrogens with one attached hydrogen (secondary N) is 2. The van der Waals surface area contributed by atoms with Gasteiger partial charge in [-0.25, -0.2) is 4.79 Å². The fourth-order valence-corrected chi connectivity index (χ4v) is 3.85. The third kappa shape index (κ3) is 6.65. The summed E-state index contributed by atoms with van der Waals surface area (Å²) in [6.07, 6.45) is -3.33. The number of carbonyl (C=O) groups is 2. The largest absolute Gasteiger partial charge is 0.573 e. The first kappa shape index (κ1) is 21.9. The number of nitrogens with zero attached hydrogens (tertiary/aromatic N) is 1. The Kier molecular flexibility index (Phi) is 7.20. The topological polar surface area (TPSA) is 70.7 Å². The molecule has 1 aromatic heterocycles. The molecule has 30 heavy (non-hydrogen) atoms. The predicted molar refractivity (Wildman–Crippen MR) is 106 cm³/mol. The average Bonchev–Trinajstić information content (AvgIpc) is 3.24. The number of piperidine rings is 1. The van der Waals surface area contributed by atoms with E-state index in [1.54, 1.807) is 16.2 Å². The molecule has 1 aliphatic heterocycles. The lowest BCUT2D eigenvalue weighted by molar-refractivity contribution is -0.274. The Balaban J connectivity index is 1.45. The van der Waals surface area contributed by atoms with Crippen LogP contribution in [-0.2, 0) is 17.9 Å². The highest BCUT2D eigenvalue weighted by molar-refractivity contribution is 7.09. The van der Waals surface area contributed by atoms with Crippen molar-refractivity contribution in [2.24, 2.45) is 5.92 Å². The minimum atomic E-state index is -4.74. The highest BCUT2D eigenvalue weighted by Crippen LogP contribution is 2.23. The van der Waals surface area contributed by atoms with E-state index in [0.717, 1.165) is 11.3 Å². The van der Waals surface area contributed by atoms with Gasteiger partial charge in [-0.3, -0.25) is 4.79 Å². The second kappa shape index (κ2) is 9.84. The van der Waals surface area contributed by atoms with Crippen LogP contribution in [0.2, 0.25) is 0 Å². The second-order valence-electron chi connectivity index (χ2n) is 6.93. The van der Waals surface area contributed by atoms with Gasteiger partial charge in [0.1, 0.15) is 5.75 Å². The molecule has 6 nitrogen and oxygen atoms in total. The molecule has 3 rings (SSSR count). The molecule has 0 radical (unpaired) electrons. The summed E-state index contributed by atoms with van der Waals surface area (Å²) in [4.78, 5) is 27.6. The van der Waals surface area contributed by atoms with Crippen molar-refractivity contribution in [3.63, 3.8) is 0 Å². The second-order valence-corrected chi connectivity index (χ2v) is 7.97. The molecule has 1 aromatic carbocycles. The Bertz CT molecular complexity index is 841. The monoisotopic (exact) mass is 441 g/mol. The Labute approximate surface area is 176 Å². The number of carbonyl (C=O) groups excluding carboxylic acids is 2. The third-order valence-electron chi connectivity index (χ3n) is 4.70. The SMILES string of the molecule is O=C(NCc1ccc(OC(F)(F)F)cc1)C1CCCN(C(=O)NCc2cccs2)C1. The molecule has 1 unspecified atom stereocenters. The van der Waals surface area contributed by atoms with Crippen molar-refractivity contribution in [2.45, 2.75) is 32.3 Å². The lowest BCUT2D eigenvalue weighted by atomic mass is 9.97. The molecule has 162 valence electrons. The first-order valence-corrected chi connectivity index (χ1v) is 10.4. The summed E-state index contributed by atoms with van der Waals surface area (Å²) < 4.78 is 40.4. The van der Waals surface area contributed by atoms with Gasteiger partial charge in [0.2, 0.25) is 5.91 Å². The third-order valence-corrected chi connectivity index (χ3v) is 5.57. The van der Waals surface area contributed by atoms with Crippen LogP contribution < -0.4 is 15.4 Å². The molecule has 2 N–H and O–H groups in total. The lowest BCUT2D eigenvalue weighted by Crippen LogP contribution is -2.48. The van der Waals surface area contributed by atoms with E-state index >= 15 is 0 Å². The van der Waals surface area contributed by atoms with Crippen LogP contribution in [0.1, 0.15) is 23.3 Å². The van der Waals surface area contributed by atoms with Crippen molar-refractivity contribution in [1.82, 2.24) is 15.5 Å². The van der Waals surface area contributed by atoms with Gasteiger partial charge in [-0.1, -0.05) is 18.2 Å². The molecule has 1 saturated heterocycles. The van der Waals surface area contributed by atoms with Crippen LogP contribution in [0.25, 0.3) is 0 Å². The quantitative estimate of drug-likeness (QED) is 0.715. The number of likely N-dealkylation sites (tertiary alicyclic amines) is 1. The van der Waals surface area contributed by atoms with E-state index in [1.165, 1.54) is 24.3 Å². The smallest absolute Gasteiger partial charge is 0.406 e. The van der Waals surface area contributed by atoms with Crippen molar-refractivity contribution in [2.75, 3.05) is 13.1 Å². The summed E-state index contributed by atoms with van der Waals surface area (Å²) in [7, 11) is 0. The molecule has 1 atom stereocenters. The molecule has 0 saturated carbocycles. The molecule has 1 fully saturated rings. The van der Waals surface area contributed by atoms with Crippen molar-refractivity contribution in [3.8, 4) is 5.75 Å². The molecule has 10 heteroatoms. The fraction of sp³-hybridized carbons (Fsp3) is 0.400. The molecular formula is C20H22F3N3O3S. The van der Waals surface area contributed by atoms with E-state index in [1.807, 2.05) is 17.5 Å². The van der Waals surface area contributed by atoms with Gasteiger partial charge in [0.25, 0.3) is 0 Å². The number of benzene rings is 1. The number of thiophene rings is 1. The predicted octanol–water partition coefficient (Wildman–Crippen LogP) is 3.88. The highest BCUT2D eigenvalue weighted by Gasteiger charge is 2.31. The van der Waals surface area contributed by atoms with Crippen LogP contribution in [0.3, 0.4) is 0 Å². The number of amides is 3. The first-order valence-electron chi connectivity index (χ1n) is 9.48. The van der Waals surface area contributed by atoms with Crippen molar-refractivity contribution < 1.29 is 27.5 Å². The Morgan fingerprint density at radius 3 is 2.57 bits per heavy atom. The van der Waals surface area contributed by atoms with Crippen LogP contribution >= 0.6 is 11.3 Å². The fourth-order valence-electron chi connectivity index (χ4n) is 3.21. The number of hydrogen-bond acceptors (Lipinski definition) is 4. The van der Waals surface area contributed by atoms with Gasteiger partial charge in [-0.2, -0.15) is 0 Å². The number of ether oxygens (including phenoxy) is 1. The van der Waals surface area contributed by atoms with Crippen LogP contribution in [0, 0.1) is 5.92 Å². The summed E-state index contributed by atoms with van der Waals surface area (Å²) in [5.41, 5.74) is 0.652. The molecule has 2 heterocycles. The van der Waals surface area contributed by atoms with E-state index in [4.69, 9.17) is 0 Å². The maximum Gasteiger partial charge on any atom is 0.573 e. The minimum Gasteiger partial charge on any atom is -0.406 e. The van der Waals surface area contributed by atoms with Gasteiger partial charge < -0.3 is 20.3 Å². The minimum absolute atomic E-state index is 0.179. The zero-order valence-electron chi connectivity index (χ0n) is 16.1. The van der Waals surface area contributed by atoms with Crippen LogP contribution in [-0.4, -0.2) is 36.3 Å². The van der Waals surface area contributed by atoms with Gasteiger partial charge in [-0.05, 0) is 42.0 Å². The lowest BCUT2D eigenvalue weighted by Gasteiger charge is -2.32. The van der Waals surface area contributed by atoms with Crippen LogP contribution in [0.5, 0.6) is 5.75 Å². The molecule has 1 aliphatic rings. The number of alkyl halides is 3. The van der Waals surface area contributed by atoms with Crippen LogP contribution in [0.4, 0.5) is 18.0 Å². The Morgan fingerprint density at radius 2 is 1.90 bits per heavy atom. The van der Waals surface area contributed by atoms with E-state index in [9.17, 15) is 22.8 Å². The van der Waals surface area contributed by atoms with Crippen molar-refractivity contribution in [1.29, 1.82) is 0 Å². The van der Waals surface area contributed by atoms with E-state index in [0.29, 0.717) is 31.6 Å². The summed E-state index contributed by atoms with van der Waals surface area (Å²) in [6, 6.07) is 9.01. The molecule has 0 bridgehead atoms. The molecule has 0 spiro atoms. The maximum atomic E-state index is 12.5. The maximum absolute atomic E-state index is 12.5. The normalized spacial score (nSPS) is 16.8. The molecular weight excluding hydrogens is 419 g/mol. The van der Waals surface area contributed by atoms with E-state index < -0.39 is 6.36 Å². The molecule has 2 aromatic rings. The molecule has 3 amide bonds. The van der Waals surface area contributed by atoms with Gasteiger partial charge in [0.05, 0.1) is 12.5 Å². The van der Waals surface area contributed by atoms with E-state index in [2.05, 4.69) is 15.4 Å². The summed E-state index contributed by atoms with van der Waals surface area (Å²) in [5, 5.41) is 7.60. The van der Waals surface area contributed by atoms with Gasteiger partial charge in [0, 0.05) is 24.5 Å². The zero-order valence-corrected chi connectivity index (χ0v) is 16.9. The average molecular weight is 441 g/mol. The van der Waals surface area contributed by atoms with Gasteiger partial charge in [0.15, 0.2) is 0 Å². The standard InChI is InChI=1S/C20H22F3N3O3S/c21-20(22,23)29-16-7-5-14(6-8-16)11-24-18(27)15-3-1-9-26(13-15)19(28)25-12-17-4-2-10-30-17/h2,4-8,10,15H,1,3,9,11-13H2,(H,24,27)(H,25,28). The number of hydrogen-bond donors (Lipinski definition) is 2. The van der Waals surface area contributed by atoms with E-state index in [-0.39, 0.29) is 30.2 Å². The Hall–Kier alpha value is -2.75. The molecule has 0 aliphatic carbocycles. The highest BCUT2D eigenvalue weighted by atomic mass is 32.1. The van der Waals surface area contributed by atoms with Gasteiger partial charge >= 0.3 is 12.4 Å². The Morgan fingerprint density at radius 1 is 1.13 bits per heavy atom. The number of rotatable bonds is 6. The van der Waals surface area contributed by atoms with Gasteiger partial charge in [-0.15, -0.1) is 24.5 Å². The first-order chi connectivity index (χ1) is 14.3. The van der Waals surface area contributed by atoms with Crippen molar-refractivity contribution >= 4 is 23.3 Å².